The second-order valence-corrected chi connectivity index (χ2v) is 7.17. The Balaban J connectivity index is 1.55. The lowest BCUT2D eigenvalue weighted by Crippen LogP contribution is -2.18. The number of aromatic nitrogens is 1. The van der Waals surface area contributed by atoms with E-state index in [1.54, 1.807) is 25.3 Å². The highest BCUT2D eigenvalue weighted by atomic mass is 16.5. The number of ketones is 1. The fourth-order valence-corrected chi connectivity index (χ4v) is 3.50. The first-order chi connectivity index (χ1) is 14.0. The van der Waals surface area contributed by atoms with Crippen molar-refractivity contribution in [2.75, 3.05) is 20.3 Å². The molecule has 3 rings (SSSR count). The maximum Gasteiger partial charge on any atom is 0.331 e. The van der Waals surface area contributed by atoms with Gasteiger partial charge in [-0.2, -0.15) is 0 Å². The number of carbonyl (C=O) groups is 2. The van der Waals surface area contributed by atoms with Crippen LogP contribution in [0.15, 0.2) is 36.4 Å². The zero-order valence-electron chi connectivity index (χ0n) is 17.1. The van der Waals surface area contributed by atoms with Crippen molar-refractivity contribution in [2.24, 2.45) is 0 Å². The van der Waals surface area contributed by atoms with Gasteiger partial charge in [-0.3, -0.25) is 4.79 Å². The minimum Gasteiger partial charge on any atom is -0.497 e. The molecule has 1 fully saturated rings. The van der Waals surface area contributed by atoms with Gasteiger partial charge in [-0.1, -0.05) is 12.1 Å². The molecule has 1 aromatic heterocycles. The fourth-order valence-electron chi connectivity index (χ4n) is 3.50. The van der Waals surface area contributed by atoms with Crippen LogP contribution in [0.1, 0.15) is 40.2 Å². The summed E-state index contributed by atoms with van der Waals surface area (Å²) in [6.07, 6.45) is 5.27. The summed E-state index contributed by atoms with van der Waals surface area (Å²) >= 11 is 0. The molecule has 2 aromatic rings. The summed E-state index contributed by atoms with van der Waals surface area (Å²) in [4.78, 5) is 24.5. The van der Waals surface area contributed by atoms with E-state index in [0.717, 1.165) is 48.7 Å². The first kappa shape index (κ1) is 20.9. The van der Waals surface area contributed by atoms with E-state index in [1.165, 1.54) is 6.08 Å². The highest BCUT2D eigenvalue weighted by Crippen LogP contribution is 2.21. The standard InChI is InChI=1S/C23H27NO5/c1-16-13-21(17(2)24(16)14-20-5-4-12-28-20)22(25)15-29-23(26)11-8-18-6-9-19(27-3)10-7-18/h6-11,13,20H,4-5,12,14-15H2,1-3H3/b11-8+/t20-/m0/s1. The smallest absolute Gasteiger partial charge is 0.331 e. The molecular weight excluding hydrogens is 370 g/mol. The number of aryl methyl sites for hydroxylation is 1. The molecule has 0 bridgehead atoms. The Morgan fingerprint density at radius 2 is 2.00 bits per heavy atom. The third-order valence-corrected chi connectivity index (χ3v) is 5.16. The fraction of sp³-hybridized carbons (Fsp3) is 0.391. The van der Waals surface area contributed by atoms with E-state index in [-0.39, 0.29) is 18.5 Å². The summed E-state index contributed by atoms with van der Waals surface area (Å²) in [7, 11) is 1.60. The molecule has 6 heteroatoms. The highest BCUT2D eigenvalue weighted by Gasteiger charge is 2.21. The summed E-state index contributed by atoms with van der Waals surface area (Å²) in [5.74, 6) is -0.0161. The Bertz CT molecular complexity index is 889. The summed E-state index contributed by atoms with van der Waals surface area (Å²) in [5.41, 5.74) is 3.32. The van der Waals surface area contributed by atoms with Gasteiger partial charge in [-0.25, -0.2) is 4.79 Å². The number of Topliss-reactive ketones (excluding diaryl/α,β-unsaturated/α-hetero) is 1. The number of benzene rings is 1. The Labute approximate surface area is 171 Å². The topological polar surface area (TPSA) is 66.8 Å². The van der Waals surface area contributed by atoms with E-state index in [2.05, 4.69) is 4.57 Å². The van der Waals surface area contributed by atoms with Crippen molar-refractivity contribution in [2.45, 2.75) is 39.3 Å². The van der Waals surface area contributed by atoms with Gasteiger partial charge in [0.15, 0.2) is 6.61 Å². The van der Waals surface area contributed by atoms with Crippen LogP contribution in [0.4, 0.5) is 0 Å². The normalized spacial score (nSPS) is 16.3. The maximum atomic E-state index is 12.6. The monoisotopic (exact) mass is 397 g/mol. The summed E-state index contributed by atoms with van der Waals surface area (Å²) in [6, 6.07) is 9.13. The Hall–Kier alpha value is -2.86. The number of ether oxygens (including phenoxy) is 3. The van der Waals surface area contributed by atoms with Crippen LogP contribution in [0.2, 0.25) is 0 Å². The van der Waals surface area contributed by atoms with Crippen molar-refractivity contribution in [3.63, 3.8) is 0 Å². The van der Waals surface area contributed by atoms with Gasteiger partial charge in [0.05, 0.1) is 13.2 Å². The van der Waals surface area contributed by atoms with Crippen LogP contribution >= 0.6 is 0 Å². The summed E-state index contributed by atoms with van der Waals surface area (Å²) in [6.45, 7) is 5.16. The average molecular weight is 397 g/mol. The number of esters is 1. The van der Waals surface area contributed by atoms with Crippen LogP contribution in [0, 0.1) is 13.8 Å². The first-order valence-corrected chi connectivity index (χ1v) is 9.78. The van der Waals surface area contributed by atoms with Crippen LogP contribution in [0.25, 0.3) is 6.08 Å². The van der Waals surface area contributed by atoms with Gasteiger partial charge in [0, 0.05) is 36.2 Å². The van der Waals surface area contributed by atoms with E-state index >= 15 is 0 Å². The van der Waals surface area contributed by atoms with Gasteiger partial charge in [0.1, 0.15) is 5.75 Å². The van der Waals surface area contributed by atoms with Crippen molar-refractivity contribution < 1.29 is 23.8 Å². The molecule has 6 nitrogen and oxygen atoms in total. The average Bonchev–Trinajstić information content (AvgIpc) is 3.34. The van der Waals surface area contributed by atoms with E-state index < -0.39 is 5.97 Å². The largest absolute Gasteiger partial charge is 0.497 e. The van der Waals surface area contributed by atoms with Crippen LogP contribution < -0.4 is 4.74 Å². The zero-order chi connectivity index (χ0) is 20.8. The van der Waals surface area contributed by atoms with Crippen LogP contribution in [0.5, 0.6) is 5.75 Å². The first-order valence-electron chi connectivity index (χ1n) is 9.78. The lowest BCUT2D eigenvalue weighted by molar-refractivity contribution is -0.136. The summed E-state index contributed by atoms with van der Waals surface area (Å²) in [5, 5.41) is 0. The van der Waals surface area contributed by atoms with Crippen molar-refractivity contribution >= 4 is 17.8 Å². The van der Waals surface area contributed by atoms with E-state index in [9.17, 15) is 9.59 Å². The lowest BCUT2D eigenvalue weighted by atomic mass is 10.1. The molecule has 1 saturated heterocycles. The van der Waals surface area contributed by atoms with Crippen LogP contribution in [-0.2, 0) is 20.8 Å². The maximum absolute atomic E-state index is 12.6. The molecule has 1 aliphatic heterocycles. The van der Waals surface area contributed by atoms with Crippen molar-refractivity contribution in [1.82, 2.24) is 4.57 Å². The molecule has 0 amide bonds. The molecule has 0 unspecified atom stereocenters. The zero-order valence-corrected chi connectivity index (χ0v) is 17.1. The predicted molar refractivity (Wildman–Crippen MR) is 110 cm³/mol. The predicted octanol–water partition coefficient (Wildman–Crippen LogP) is 3.73. The van der Waals surface area contributed by atoms with Gasteiger partial charge in [0.25, 0.3) is 0 Å². The third kappa shape index (κ3) is 5.35. The SMILES string of the molecule is COc1ccc(/C=C/C(=O)OCC(=O)c2cc(C)n(C[C@@H]3CCCO3)c2C)cc1. The molecule has 0 spiro atoms. The molecule has 29 heavy (non-hydrogen) atoms. The molecule has 0 aliphatic carbocycles. The van der Waals surface area contributed by atoms with Crippen molar-refractivity contribution in [3.8, 4) is 5.75 Å². The van der Waals surface area contributed by atoms with Gasteiger partial charge in [-0.05, 0) is 56.5 Å². The van der Waals surface area contributed by atoms with Gasteiger partial charge < -0.3 is 18.8 Å². The van der Waals surface area contributed by atoms with E-state index in [0.29, 0.717) is 5.56 Å². The molecule has 1 aliphatic rings. The Kier molecular flexibility index (Phi) is 6.88. The third-order valence-electron chi connectivity index (χ3n) is 5.16. The van der Waals surface area contributed by atoms with Crippen molar-refractivity contribution in [1.29, 1.82) is 0 Å². The number of hydrogen-bond acceptors (Lipinski definition) is 5. The quantitative estimate of drug-likeness (QED) is 0.386. The summed E-state index contributed by atoms with van der Waals surface area (Å²) < 4.78 is 18.0. The molecule has 0 N–H and O–H groups in total. The van der Waals surface area contributed by atoms with E-state index in [1.807, 2.05) is 32.0 Å². The van der Waals surface area contributed by atoms with Crippen LogP contribution in [0.3, 0.4) is 0 Å². The molecule has 0 saturated carbocycles. The molecule has 2 heterocycles. The van der Waals surface area contributed by atoms with E-state index in [4.69, 9.17) is 14.2 Å². The van der Waals surface area contributed by atoms with Gasteiger partial charge in [0.2, 0.25) is 5.78 Å². The molecule has 154 valence electrons. The number of hydrogen-bond donors (Lipinski definition) is 0. The molecule has 1 atom stereocenters. The molecule has 1 aromatic carbocycles. The Morgan fingerprint density at radius 3 is 2.66 bits per heavy atom. The molecular formula is C23H27NO5. The highest BCUT2D eigenvalue weighted by molar-refractivity contribution is 6.00. The number of rotatable bonds is 8. The van der Waals surface area contributed by atoms with Crippen molar-refractivity contribution in [3.05, 3.63) is 58.9 Å². The minimum atomic E-state index is -0.553. The van der Waals surface area contributed by atoms with Gasteiger partial charge >= 0.3 is 5.97 Å². The second-order valence-electron chi connectivity index (χ2n) is 7.17. The second kappa shape index (κ2) is 9.56. The number of carbonyl (C=O) groups excluding carboxylic acids is 2. The minimum absolute atomic E-state index is 0.198. The number of nitrogens with zero attached hydrogens (tertiary/aromatic N) is 1. The number of methoxy groups -OCH3 is 1. The lowest BCUT2D eigenvalue weighted by Gasteiger charge is -2.14. The Morgan fingerprint density at radius 1 is 1.24 bits per heavy atom. The van der Waals surface area contributed by atoms with Crippen LogP contribution in [-0.4, -0.2) is 42.7 Å². The van der Waals surface area contributed by atoms with Gasteiger partial charge in [-0.15, -0.1) is 0 Å². The molecule has 0 radical (unpaired) electrons.